The van der Waals surface area contributed by atoms with Gasteiger partial charge in [-0.05, 0) is 49.8 Å². The van der Waals surface area contributed by atoms with Gasteiger partial charge in [0.15, 0.2) is 0 Å². The molecule has 4 nitrogen and oxygen atoms in total. The number of hydrogen-bond acceptors (Lipinski definition) is 2. The molecular weight excluding hydrogens is 391 g/mol. The molecular formula is C20H21ClF3N3O. The topological polar surface area (TPSA) is 38.1 Å². The van der Waals surface area contributed by atoms with Gasteiger partial charge in [-0.3, -0.25) is 9.48 Å². The van der Waals surface area contributed by atoms with Crippen molar-refractivity contribution >= 4 is 17.5 Å². The van der Waals surface area contributed by atoms with Crippen LogP contribution in [0.25, 0.3) is 0 Å². The summed E-state index contributed by atoms with van der Waals surface area (Å²) < 4.78 is 41.0. The van der Waals surface area contributed by atoms with Crippen LogP contribution in [0.15, 0.2) is 24.3 Å². The molecule has 150 valence electrons. The molecule has 2 aliphatic rings. The van der Waals surface area contributed by atoms with Crippen molar-refractivity contribution in [2.24, 2.45) is 0 Å². The number of amides is 1. The van der Waals surface area contributed by atoms with Crippen LogP contribution in [0.2, 0.25) is 5.02 Å². The predicted octanol–water partition coefficient (Wildman–Crippen LogP) is 5.10. The summed E-state index contributed by atoms with van der Waals surface area (Å²) in [5.74, 6) is -0.279. The Kier molecular flexibility index (Phi) is 4.89. The lowest BCUT2D eigenvalue weighted by Gasteiger charge is -2.26. The summed E-state index contributed by atoms with van der Waals surface area (Å²) in [5.41, 5.74) is 1.34. The number of aromatic nitrogens is 2. The predicted molar refractivity (Wildman–Crippen MR) is 99.1 cm³/mol. The van der Waals surface area contributed by atoms with Crippen molar-refractivity contribution in [3.05, 3.63) is 51.8 Å². The molecule has 0 radical (unpaired) electrons. The monoisotopic (exact) mass is 411 g/mol. The number of rotatable bonds is 4. The molecule has 1 aromatic carbocycles. The van der Waals surface area contributed by atoms with E-state index in [1.807, 2.05) is 25.1 Å². The van der Waals surface area contributed by atoms with E-state index in [4.69, 9.17) is 11.6 Å². The Labute approximate surface area is 166 Å². The van der Waals surface area contributed by atoms with Gasteiger partial charge in [-0.15, -0.1) is 0 Å². The smallest absolute Gasteiger partial charge is 0.334 e. The minimum absolute atomic E-state index is 0.0862. The minimum Gasteiger partial charge on any atom is -0.334 e. The van der Waals surface area contributed by atoms with Crippen molar-refractivity contribution in [1.82, 2.24) is 14.7 Å². The van der Waals surface area contributed by atoms with Crippen LogP contribution >= 0.6 is 11.6 Å². The second-order valence-corrected chi connectivity index (χ2v) is 7.99. The van der Waals surface area contributed by atoms with Gasteiger partial charge in [0.2, 0.25) is 5.91 Å². The van der Waals surface area contributed by atoms with Gasteiger partial charge in [0.05, 0.1) is 11.7 Å². The third-order valence-electron chi connectivity index (χ3n) is 5.52. The highest BCUT2D eigenvalue weighted by atomic mass is 35.5. The van der Waals surface area contributed by atoms with Crippen LogP contribution < -0.4 is 0 Å². The number of benzene rings is 1. The van der Waals surface area contributed by atoms with Gasteiger partial charge >= 0.3 is 6.18 Å². The van der Waals surface area contributed by atoms with E-state index in [9.17, 15) is 18.0 Å². The average molecular weight is 412 g/mol. The fourth-order valence-corrected chi connectivity index (χ4v) is 4.15. The molecule has 8 heteroatoms. The van der Waals surface area contributed by atoms with E-state index in [0.29, 0.717) is 17.3 Å². The van der Waals surface area contributed by atoms with Gasteiger partial charge in [-0.1, -0.05) is 29.8 Å². The maximum Gasteiger partial charge on any atom is 0.433 e. The molecule has 1 saturated carbocycles. The van der Waals surface area contributed by atoms with E-state index in [1.165, 1.54) is 0 Å². The Morgan fingerprint density at radius 3 is 2.71 bits per heavy atom. The maximum atomic E-state index is 13.4. The quantitative estimate of drug-likeness (QED) is 0.701. The normalized spacial score (nSPS) is 20.0. The van der Waals surface area contributed by atoms with Gasteiger partial charge in [0.1, 0.15) is 12.2 Å². The van der Waals surface area contributed by atoms with Crippen molar-refractivity contribution in [2.45, 2.75) is 57.3 Å². The van der Waals surface area contributed by atoms with Crippen LogP contribution in [0.4, 0.5) is 13.2 Å². The van der Waals surface area contributed by atoms with Crippen LogP contribution in [0.5, 0.6) is 0 Å². The Hall–Kier alpha value is -2.02. The zero-order chi connectivity index (χ0) is 20.1. The SMILES string of the molecule is Cc1cccc([C@H]2CCCN2C(=O)Cn2nc(C3CC3)cc2C(F)(F)F)c1Cl. The Morgan fingerprint density at radius 1 is 1.29 bits per heavy atom. The van der Waals surface area contributed by atoms with E-state index in [0.717, 1.165) is 47.6 Å². The van der Waals surface area contributed by atoms with Crippen LogP contribution in [0.3, 0.4) is 0 Å². The van der Waals surface area contributed by atoms with Crippen LogP contribution in [0, 0.1) is 6.92 Å². The fraction of sp³-hybridized carbons (Fsp3) is 0.500. The molecule has 0 bridgehead atoms. The number of alkyl halides is 3. The minimum atomic E-state index is -4.54. The summed E-state index contributed by atoms with van der Waals surface area (Å²) in [4.78, 5) is 14.6. The largest absolute Gasteiger partial charge is 0.433 e. The second-order valence-electron chi connectivity index (χ2n) is 7.61. The number of halogens is 4. The highest BCUT2D eigenvalue weighted by Gasteiger charge is 2.39. The third-order valence-corrected chi connectivity index (χ3v) is 6.04. The molecule has 2 fully saturated rings. The number of nitrogens with zero attached hydrogens (tertiary/aromatic N) is 3. The number of carbonyl (C=O) groups is 1. The first-order chi connectivity index (χ1) is 13.3. The van der Waals surface area contributed by atoms with E-state index in [-0.39, 0.29) is 17.9 Å². The molecule has 1 atom stereocenters. The van der Waals surface area contributed by atoms with E-state index < -0.39 is 18.4 Å². The van der Waals surface area contributed by atoms with Crippen LogP contribution in [-0.2, 0) is 17.5 Å². The average Bonchev–Trinajstić information content (AvgIpc) is 3.19. The first kappa shape index (κ1) is 19.3. The molecule has 1 saturated heterocycles. The summed E-state index contributed by atoms with van der Waals surface area (Å²) in [6.07, 6.45) is -1.30. The molecule has 2 heterocycles. The lowest BCUT2D eigenvalue weighted by Crippen LogP contribution is -2.34. The summed E-state index contributed by atoms with van der Waals surface area (Å²) in [6.45, 7) is 1.99. The number of hydrogen-bond donors (Lipinski definition) is 0. The molecule has 1 amide bonds. The molecule has 0 unspecified atom stereocenters. The molecule has 0 spiro atoms. The van der Waals surface area contributed by atoms with Crippen molar-refractivity contribution in [2.75, 3.05) is 6.54 Å². The molecule has 1 aromatic heterocycles. The highest BCUT2D eigenvalue weighted by molar-refractivity contribution is 6.32. The van der Waals surface area contributed by atoms with Crippen molar-refractivity contribution in [3.8, 4) is 0 Å². The molecule has 1 aliphatic heterocycles. The first-order valence-electron chi connectivity index (χ1n) is 9.45. The first-order valence-corrected chi connectivity index (χ1v) is 9.83. The van der Waals surface area contributed by atoms with Gasteiger partial charge in [0.25, 0.3) is 0 Å². The summed E-state index contributed by atoms with van der Waals surface area (Å²) in [6, 6.07) is 6.53. The van der Waals surface area contributed by atoms with Crippen LogP contribution in [0.1, 0.15) is 60.2 Å². The van der Waals surface area contributed by atoms with E-state index >= 15 is 0 Å². The molecule has 0 N–H and O–H groups in total. The lowest BCUT2D eigenvalue weighted by molar-refractivity contribution is -0.146. The van der Waals surface area contributed by atoms with E-state index in [1.54, 1.807) is 4.90 Å². The summed E-state index contributed by atoms with van der Waals surface area (Å²) in [7, 11) is 0. The van der Waals surface area contributed by atoms with Gasteiger partial charge in [0, 0.05) is 17.5 Å². The number of likely N-dealkylation sites (tertiary alicyclic amines) is 1. The molecule has 1 aliphatic carbocycles. The van der Waals surface area contributed by atoms with Crippen molar-refractivity contribution in [3.63, 3.8) is 0 Å². The van der Waals surface area contributed by atoms with Crippen LogP contribution in [-0.4, -0.2) is 27.1 Å². The summed E-state index contributed by atoms with van der Waals surface area (Å²) in [5, 5.41) is 4.71. The number of aryl methyl sites for hydroxylation is 1. The van der Waals surface area contributed by atoms with E-state index in [2.05, 4.69) is 5.10 Å². The van der Waals surface area contributed by atoms with Crippen molar-refractivity contribution in [1.29, 1.82) is 0 Å². The zero-order valence-corrected chi connectivity index (χ0v) is 16.2. The Bertz CT molecular complexity index is 905. The highest BCUT2D eigenvalue weighted by Crippen LogP contribution is 2.42. The second kappa shape index (κ2) is 7.10. The van der Waals surface area contributed by atoms with Crippen molar-refractivity contribution < 1.29 is 18.0 Å². The lowest BCUT2D eigenvalue weighted by atomic mass is 10.0. The maximum absolute atomic E-state index is 13.4. The van der Waals surface area contributed by atoms with Gasteiger partial charge in [-0.25, -0.2) is 0 Å². The third kappa shape index (κ3) is 3.64. The molecule has 2 aromatic rings. The van der Waals surface area contributed by atoms with Gasteiger partial charge < -0.3 is 4.90 Å². The standard InChI is InChI=1S/C20H21ClF3N3O/c1-12-4-2-5-14(19(12)21)16-6-3-9-26(16)18(28)11-27-17(20(22,23)24)10-15(25-27)13-7-8-13/h2,4-5,10,13,16H,3,6-9,11H2,1H3/t16-/m1/s1. The number of carbonyl (C=O) groups excluding carboxylic acids is 1. The summed E-state index contributed by atoms with van der Waals surface area (Å²) >= 11 is 6.43. The molecule has 28 heavy (non-hydrogen) atoms. The Morgan fingerprint density at radius 2 is 2.04 bits per heavy atom. The zero-order valence-electron chi connectivity index (χ0n) is 15.5. The molecule has 4 rings (SSSR count). The van der Waals surface area contributed by atoms with Gasteiger partial charge in [-0.2, -0.15) is 18.3 Å². The Balaban J connectivity index is 1.59. The fourth-order valence-electron chi connectivity index (χ4n) is 3.90.